The topological polar surface area (TPSA) is 38.0 Å². The Bertz CT molecular complexity index is 138. The zero-order chi connectivity index (χ0) is 14.0. The molecule has 3 heteroatoms. The third-order valence-electron chi connectivity index (χ3n) is 3.81. The number of hydrogen-bond acceptors (Lipinski definition) is 2. The summed E-state index contributed by atoms with van der Waals surface area (Å²) in [5.41, 5.74) is 5.48. The highest BCUT2D eigenvalue weighted by Crippen LogP contribution is 2.12. The van der Waals surface area contributed by atoms with E-state index < -0.39 is 0 Å². The zero-order valence-corrected chi connectivity index (χ0v) is 15.4. The number of nitrogens with one attached hydrogen (secondary N) is 1. The molecule has 0 heterocycles. The highest BCUT2D eigenvalue weighted by molar-refractivity contribution is 6.08. The molecule has 0 fully saturated rings. The first-order valence-corrected chi connectivity index (χ1v) is 10.2. The van der Waals surface area contributed by atoms with Crippen LogP contribution in [-0.4, -0.2) is 29.5 Å². The zero-order valence-electron chi connectivity index (χ0n) is 13.4. The molecule has 0 amide bonds. The molecule has 19 heavy (non-hydrogen) atoms. The molecular weight excluding hydrogens is 248 g/mol. The van der Waals surface area contributed by atoms with Gasteiger partial charge in [0.25, 0.3) is 0 Å². The minimum absolute atomic E-state index is 0.871. The van der Waals surface area contributed by atoms with Crippen LogP contribution in [0.25, 0.3) is 0 Å². The average molecular weight is 287 g/mol. The van der Waals surface area contributed by atoms with Gasteiger partial charge >= 0.3 is 0 Å². The summed E-state index contributed by atoms with van der Waals surface area (Å²) >= 11 is 0. The third-order valence-corrected chi connectivity index (χ3v) is 4.31. The molecule has 0 saturated carbocycles. The minimum Gasteiger partial charge on any atom is -0.330 e. The molecule has 0 rings (SSSR count). The van der Waals surface area contributed by atoms with Crippen molar-refractivity contribution in [2.24, 2.45) is 5.73 Å². The summed E-state index contributed by atoms with van der Waals surface area (Å²) in [5, 5.41) is 3.45. The van der Waals surface area contributed by atoms with Gasteiger partial charge in [0.05, 0.1) is 0 Å². The highest BCUT2D eigenvalue weighted by Gasteiger charge is 1.93. The molecule has 0 radical (unpaired) electrons. The lowest BCUT2D eigenvalue weighted by Crippen LogP contribution is -2.16. The first-order chi connectivity index (χ1) is 9.41. The summed E-state index contributed by atoms with van der Waals surface area (Å²) in [6.07, 6.45) is 19.6. The number of rotatable bonds is 16. The van der Waals surface area contributed by atoms with Crippen LogP contribution in [0.1, 0.15) is 83.5 Å². The Morgan fingerprint density at radius 1 is 0.579 bits per heavy atom. The van der Waals surface area contributed by atoms with E-state index in [-0.39, 0.29) is 0 Å². The lowest BCUT2D eigenvalue weighted by Gasteiger charge is -2.03. The molecule has 0 aromatic rings. The van der Waals surface area contributed by atoms with Crippen molar-refractivity contribution in [3.63, 3.8) is 0 Å². The van der Waals surface area contributed by atoms with Crippen LogP contribution in [-0.2, 0) is 0 Å². The van der Waals surface area contributed by atoms with Crippen molar-refractivity contribution < 1.29 is 0 Å². The second-order valence-electron chi connectivity index (χ2n) is 5.74. The van der Waals surface area contributed by atoms with Crippen molar-refractivity contribution in [2.75, 3.05) is 19.3 Å². The number of hydrogen-bond donors (Lipinski definition) is 2. The number of nitrogens with two attached hydrogens (primary N) is 1. The van der Waals surface area contributed by atoms with Crippen LogP contribution >= 0.6 is 0 Å². The van der Waals surface area contributed by atoms with Crippen LogP contribution in [0.15, 0.2) is 0 Å². The van der Waals surface area contributed by atoms with E-state index in [1.165, 1.54) is 106 Å². The van der Waals surface area contributed by atoms with Gasteiger partial charge in [-0.3, -0.25) is 0 Å². The van der Waals surface area contributed by atoms with Crippen LogP contribution in [0.2, 0.25) is 0 Å². The summed E-state index contributed by atoms with van der Waals surface area (Å²) in [7, 11) is 1.29. The van der Waals surface area contributed by atoms with Crippen LogP contribution < -0.4 is 11.1 Å². The molecule has 0 aromatic heterocycles. The second kappa shape index (κ2) is 18.1. The van der Waals surface area contributed by atoms with Crippen molar-refractivity contribution in [3.05, 3.63) is 0 Å². The molecule has 3 N–H and O–H groups in total. The van der Waals surface area contributed by atoms with Gasteiger partial charge in [0.1, 0.15) is 0 Å². The molecule has 0 aromatic carbocycles. The molecular formula is C16H38N2Si. The molecule has 0 spiro atoms. The molecule has 2 nitrogen and oxygen atoms in total. The van der Waals surface area contributed by atoms with Gasteiger partial charge in [0.2, 0.25) is 0 Å². The molecule has 0 atom stereocenters. The Balaban J connectivity index is 2.88. The van der Waals surface area contributed by atoms with Crippen molar-refractivity contribution in [3.8, 4) is 0 Å². The lowest BCUT2D eigenvalue weighted by atomic mass is 10.0. The van der Waals surface area contributed by atoms with Crippen LogP contribution in [0.4, 0.5) is 0 Å². The van der Waals surface area contributed by atoms with E-state index >= 15 is 0 Å². The molecule has 0 aliphatic rings. The van der Waals surface area contributed by atoms with E-state index in [4.69, 9.17) is 5.73 Å². The highest BCUT2D eigenvalue weighted by atomic mass is 28.1. The second-order valence-corrected chi connectivity index (χ2v) is 6.45. The van der Waals surface area contributed by atoms with Gasteiger partial charge in [-0.1, -0.05) is 70.6 Å². The molecule has 0 unspecified atom stereocenters. The van der Waals surface area contributed by atoms with E-state index in [1.54, 1.807) is 0 Å². The smallest absolute Gasteiger partial charge is 0.0201 e. The van der Waals surface area contributed by atoms with E-state index in [0.717, 1.165) is 6.54 Å². The van der Waals surface area contributed by atoms with Crippen molar-refractivity contribution in [1.82, 2.24) is 5.32 Å². The van der Waals surface area contributed by atoms with Crippen LogP contribution in [0.3, 0.4) is 0 Å². The van der Waals surface area contributed by atoms with Crippen LogP contribution in [0, 0.1) is 0 Å². The maximum absolute atomic E-state index is 5.48. The summed E-state index contributed by atoms with van der Waals surface area (Å²) in [5.74, 6) is 0. The Morgan fingerprint density at radius 3 is 1.32 bits per heavy atom. The maximum atomic E-state index is 5.48. The van der Waals surface area contributed by atoms with Crippen molar-refractivity contribution in [2.45, 2.75) is 83.5 Å². The van der Waals surface area contributed by atoms with Gasteiger partial charge in [0, 0.05) is 10.2 Å². The molecule has 0 bridgehead atoms. The number of unbranched alkanes of at least 4 members (excludes halogenated alkanes) is 12. The standard InChI is InChI=1S/C16H38N2Si/c17-14-12-10-8-6-4-2-1-3-5-7-9-11-13-15-18-16-19/h18H,1-17H2,19H3. The third kappa shape index (κ3) is 18.1. The Labute approximate surface area is 124 Å². The maximum Gasteiger partial charge on any atom is 0.0201 e. The fourth-order valence-electron chi connectivity index (χ4n) is 2.52. The predicted molar refractivity (Wildman–Crippen MR) is 91.9 cm³/mol. The largest absolute Gasteiger partial charge is 0.330 e. The van der Waals surface area contributed by atoms with Gasteiger partial charge in [-0.05, 0) is 32.1 Å². The van der Waals surface area contributed by atoms with Gasteiger partial charge in [-0.2, -0.15) is 0 Å². The quantitative estimate of drug-likeness (QED) is 0.338. The molecule has 116 valence electrons. The summed E-state index contributed by atoms with van der Waals surface area (Å²) in [6, 6.07) is 0. The Morgan fingerprint density at radius 2 is 0.947 bits per heavy atom. The summed E-state index contributed by atoms with van der Waals surface area (Å²) < 4.78 is 0. The van der Waals surface area contributed by atoms with E-state index in [2.05, 4.69) is 5.32 Å². The Kier molecular flexibility index (Phi) is 18.3. The molecule has 0 aliphatic carbocycles. The lowest BCUT2D eigenvalue weighted by molar-refractivity contribution is 0.534. The van der Waals surface area contributed by atoms with E-state index in [9.17, 15) is 0 Å². The monoisotopic (exact) mass is 286 g/mol. The van der Waals surface area contributed by atoms with Gasteiger partial charge in [-0.15, -0.1) is 0 Å². The first-order valence-electron chi connectivity index (χ1n) is 8.82. The fraction of sp³-hybridized carbons (Fsp3) is 1.00. The summed E-state index contributed by atoms with van der Waals surface area (Å²) in [6.45, 7) is 2.11. The van der Waals surface area contributed by atoms with Gasteiger partial charge < -0.3 is 11.1 Å². The van der Waals surface area contributed by atoms with Crippen molar-refractivity contribution >= 4 is 10.2 Å². The minimum atomic E-state index is 0.871. The first kappa shape index (κ1) is 19.1. The fourth-order valence-corrected chi connectivity index (χ4v) is 2.87. The Hall–Kier alpha value is 0.137. The molecule has 0 aliphatic heterocycles. The van der Waals surface area contributed by atoms with Crippen LogP contribution in [0.5, 0.6) is 0 Å². The van der Waals surface area contributed by atoms with Gasteiger partial charge in [0.15, 0.2) is 0 Å². The summed E-state index contributed by atoms with van der Waals surface area (Å²) in [4.78, 5) is 0. The normalized spacial score (nSPS) is 11.2. The van der Waals surface area contributed by atoms with Gasteiger partial charge in [-0.25, -0.2) is 0 Å². The predicted octanol–water partition coefficient (Wildman–Crippen LogP) is 2.93. The average Bonchev–Trinajstić information content (AvgIpc) is 2.43. The molecule has 0 saturated heterocycles. The van der Waals surface area contributed by atoms with E-state index in [0.29, 0.717) is 0 Å². The van der Waals surface area contributed by atoms with E-state index in [1.807, 2.05) is 0 Å². The SMILES string of the molecule is NCCCCCCCCCCCCCCCNC[SiH3]. The van der Waals surface area contributed by atoms with Crippen molar-refractivity contribution in [1.29, 1.82) is 0 Å².